The number of ether oxygens (including phenoxy) is 1. The predicted octanol–water partition coefficient (Wildman–Crippen LogP) is 5.74. The van der Waals surface area contributed by atoms with Crippen molar-refractivity contribution in [3.63, 3.8) is 0 Å². The van der Waals surface area contributed by atoms with Gasteiger partial charge in [-0.15, -0.1) is 0 Å². The molecule has 2 fully saturated rings. The van der Waals surface area contributed by atoms with Crippen molar-refractivity contribution < 1.29 is 31.5 Å². The summed E-state index contributed by atoms with van der Waals surface area (Å²) in [6.45, 7) is 1.39. The summed E-state index contributed by atoms with van der Waals surface area (Å²) in [7, 11) is 0. The Bertz CT molecular complexity index is 970. The Balaban J connectivity index is 1.65. The van der Waals surface area contributed by atoms with Crippen LogP contribution in [0.1, 0.15) is 36.0 Å². The van der Waals surface area contributed by atoms with Crippen molar-refractivity contribution in [2.75, 3.05) is 18.0 Å². The maximum absolute atomic E-state index is 13.9. The highest BCUT2D eigenvalue weighted by atomic mass is 79.9. The summed E-state index contributed by atoms with van der Waals surface area (Å²) in [4.78, 5) is 14.6. The van der Waals surface area contributed by atoms with Crippen LogP contribution in [-0.2, 0) is 0 Å². The highest BCUT2D eigenvalue weighted by Gasteiger charge is 2.44. The van der Waals surface area contributed by atoms with Gasteiger partial charge in [0.1, 0.15) is 0 Å². The van der Waals surface area contributed by atoms with E-state index in [2.05, 4.69) is 20.7 Å². The average Bonchev–Trinajstić information content (AvgIpc) is 3.47. The normalized spacial score (nSPS) is 17.5. The van der Waals surface area contributed by atoms with Crippen molar-refractivity contribution in [3.8, 4) is 5.75 Å². The number of carbonyl (C=O) groups excluding carboxylic acids is 1. The molecule has 1 aliphatic heterocycles. The van der Waals surface area contributed by atoms with Gasteiger partial charge in [-0.3, -0.25) is 0 Å². The minimum absolute atomic E-state index is 0.0242. The first-order valence-electron chi connectivity index (χ1n) is 9.00. The summed E-state index contributed by atoms with van der Waals surface area (Å²) < 4.78 is 73.0. The van der Waals surface area contributed by atoms with Crippen molar-refractivity contribution in [2.45, 2.75) is 25.7 Å². The molecule has 0 atom stereocenters. The van der Waals surface area contributed by atoms with Gasteiger partial charge in [-0.05, 0) is 49.3 Å². The van der Waals surface area contributed by atoms with E-state index in [1.807, 2.05) is 4.90 Å². The molecule has 1 heterocycles. The summed E-state index contributed by atoms with van der Waals surface area (Å²) in [6.07, 6.45) is 4.31. The molecular weight excluding hydrogens is 461 g/mol. The number of esters is 1. The van der Waals surface area contributed by atoms with Gasteiger partial charge in [-0.2, -0.15) is 8.78 Å². The Kier molecular flexibility index (Phi) is 5.04. The zero-order valence-electron chi connectivity index (χ0n) is 15.0. The van der Waals surface area contributed by atoms with Gasteiger partial charge in [0.15, 0.2) is 0 Å². The van der Waals surface area contributed by atoms with Crippen LogP contribution in [0.2, 0.25) is 0 Å². The highest BCUT2D eigenvalue weighted by Crippen LogP contribution is 2.54. The van der Waals surface area contributed by atoms with Crippen LogP contribution in [0.3, 0.4) is 0 Å². The monoisotopic (exact) mass is 475 g/mol. The number of piperidine rings is 1. The lowest BCUT2D eigenvalue weighted by atomic mass is 9.93. The number of hydrogen-bond donors (Lipinski definition) is 0. The maximum atomic E-state index is 13.9. The first-order chi connectivity index (χ1) is 13.7. The fourth-order valence-corrected chi connectivity index (χ4v) is 4.01. The SMILES string of the molecule is O=C(Oc1c(F)c(F)c(F)c(F)c1F)c1ccc(Br)cc1N1CCC2(CC1)CC2. The molecule has 0 radical (unpaired) electrons. The van der Waals surface area contributed by atoms with Crippen molar-refractivity contribution in [1.82, 2.24) is 0 Å². The summed E-state index contributed by atoms with van der Waals surface area (Å²) in [6, 6.07) is 4.58. The summed E-state index contributed by atoms with van der Waals surface area (Å²) in [5, 5.41) is 0. The lowest BCUT2D eigenvalue weighted by Crippen LogP contribution is -2.35. The van der Waals surface area contributed by atoms with E-state index in [1.54, 1.807) is 6.07 Å². The molecule has 2 aliphatic rings. The lowest BCUT2D eigenvalue weighted by Gasteiger charge is -2.34. The van der Waals surface area contributed by atoms with E-state index >= 15 is 0 Å². The van der Waals surface area contributed by atoms with Gasteiger partial charge in [0.2, 0.25) is 34.8 Å². The first-order valence-corrected chi connectivity index (χ1v) is 9.80. The molecule has 2 aromatic rings. The van der Waals surface area contributed by atoms with Crippen LogP contribution < -0.4 is 9.64 Å². The molecule has 1 saturated heterocycles. The van der Waals surface area contributed by atoms with Gasteiger partial charge >= 0.3 is 5.97 Å². The van der Waals surface area contributed by atoms with Crippen LogP contribution in [0.25, 0.3) is 0 Å². The van der Waals surface area contributed by atoms with E-state index < -0.39 is 40.8 Å². The van der Waals surface area contributed by atoms with Gasteiger partial charge in [0.05, 0.1) is 11.3 Å². The van der Waals surface area contributed by atoms with E-state index in [1.165, 1.54) is 25.0 Å². The third-order valence-electron chi connectivity index (χ3n) is 5.67. The third kappa shape index (κ3) is 3.60. The molecule has 0 amide bonds. The predicted molar refractivity (Wildman–Crippen MR) is 98.4 cm³/mol. The van der Waals surface area contributed by atoms with Crippen molar-refractivity contribution in [3.05, 3.63) is 57.3 Å². The molecule has 4 rings (SSSR count). The summed E-state index contributed by atoms with van der Waals surface area (Å²) in [5.41, 5.74) is 0.839. The Morgan fingerprint density at radius 2 is 1.45 bits per heavy atom. The molecule has 29 heavy (non-hydrogen) atoms. The third-order valence-corrected chi connectivity index (χ3v) is 6.16. The molecule has 9 heteroatoms. The zero-order chi connectivity index (χ0) is 20.9. The number of anilines is 1. The number of benzene rings is 2. The highest BCUT2D eigenvalue weighted by molar-refractivity contribution is 9.10. The number of halogens is 6. The second-order valence-electron chi connectivity index (χ2n) is 7.44. The Morgan fingerprint density at radius 1 is 0.897 bits per heavy atom. The molecule has 154 valence electrons. The van der Waals surface area contributed by atoms with E-state index in [0.717, 1.165) is 12.8 Å². The zero-order valence-corrected chi connectivity index (χ0v) is 16.6. The van der Waals surface area contributed by atoms with Gasteiger partial charge in [0.25, 0.3) is 0 Å². The molecule has 1 spiro atoms. The quantitative estimate of drug-likeness (QED) is 0.186. The van der Waals surface area contributed by atoms with E-state index in [-0.39, 0.29) is 5.56 Å². The number of hydrogen-bond acceptors (Lipinski definition) is 3. The average molecular weight is 476 g/mol. The minimum atomic E-state index is -2.31. The number of rotatable bonds is 3. The van der Waals surface area contributed by atoms with Crippen LogP contribution in [0, 0.1) is 34.5 Å². The molecule has 1 aliphatic carbocycles. The minimum Gasteiger partial charge on any atom is -0.416 e. The molecule has 0 unspecified atom stereocenters. The molecular formula is C20H15BrF5NO2. The van der Waals surface area contributed by atoms with Crippen molar-refractivity contribution in [2.24, 2.45) is 5.41 Å². The first kappa shape index (κ1) is 20.1. The topological polar surface area (TPSA) is 29.5 Å². The standard InChI is InChI=1S/C20H15BrF5NO2/c21-10-1-2-11(12(9-10)27-7-5-20(3-4-20)6-8-27)19(28)29-18-16(25)14(23)13(22)15(24)17(18)26/h1-2,9H,3-8H2. The Labute approximate surface area is 171 Å². The van der Waals surface area contributed by atoms with E-state index in [4.69, 9.17) is 0 Å². The van der Waals surface area contributed by atoms with Crippen LogP contribution in [0.5, 0.6) is 5.75 Å². The van der Waals surface area contributed by atoms with E-state index in [9.17, 15) is 26.7 Å². The van der Waals surface area contributed by atoms with Gasteiger partial charge < -0.3 is 9.64 Å². The largest absolute Gasteiger partial charge is 0.416 e. The summed E-state index contributed by atoms with van der Waals surface area (Å²) >= 11 is 3.32. The molecule has 1 saturated carbocycles. The molecule has 2 aromatic carbocycles. The van der Waals surface area contributed by atoms with Crippen LogP contribution in [0.4, 0.5) is 27.6 Å². The van der Waals surface area contributed by atoms with Crippen LogP contribution in [-0.4, -0.2) is 19.1 Å². The van der Waals surface area contributed by atoms with Crippen molar-refractivity contribution >= 4 is 27.6 Å². The van der Waals surface area contributed by atoms with Crippen molar-refractivity contribution in [1.29, 1.82) is 0 Å². The van der Waals surface area contributed by atoms with Gasteiger partial charge in [-0.1, -0.05) is 15.9 Å². The van der Waals surface area contributed by atoms with E-state index in [0.29, 0.717) is 28.7 Å². The second kappa shape index (κ2) is 7.27. The maximum Gasteiger partial charge on any atom is 0.345 e. The molecule has 3 nitrogen and oxygen atoms in total. The Morgan fingerprint density at radius 3 is 2.00 bits per heavy atom. The number of nitrogens with zero attached hydrogens (tertiary/aromatic N) is 1. The molecule has 0 aromatic heterocycles. The summed E-state index contributed by atoms with van der Waals surface area (Å²) in [5.74, 6) is -13.9. The van der Waals surface area contributed by atoms with Crippen LogP contribution >= 0.6 is 15.9 Å². The fourth-order valence-electron chi connectivity index (χ4n) is 3.66. The smallest absolute Gasteiger partial charge is 0.345 e. The van der Waals surface area contributed by atoms with Gasteiger partial charge in [-0.25, -0.2) is 18.0 Å². The van der Waals surface area contributed by atoms with Crippen LogP contribution in [0.15, 0.2) is 22.7 Å². The fraction of sp³-hybridized carbons (Fsp3) is 0.350. The molecule has 0 N–H and O–H groups in total. The lowest BCUT2D eigenvalue weighted by molar-refractivity contribution is 0.0716. The molecule has 0 bridgehead atoms. The van der Waals surface area contributed by atoms with Gasteiger partial charge in [0, 0.05) is 17.6 Å². The Hall–Kier alpha value is -2.16. The second-order valence-corrected chi connectivity index (χ2v) is 8.35. The number of carbonyl (C=O) groups is 1.